The summed E-state index contributed by atoms with van der Waals surface area (Å²) in [4.78, 5) is 2.56. The zero-order valence-corrected chi connectivity index (χ0v) is 26.5. The van der Waals surface area contributed by atoms with E-state index >= 15 is 0 Å². The minimum Gasteiger partial charge on any atom is -0.306 e. The molecule has 0 unspecified atom stereocenters. The second-order valence-corrected chi connectivity index (χ2v) is 11.5. The van der Waals surface area contributed by atoms with Gasteiger partial charge in [0.1, 0.15) is 0 Å². The highest BCUT2D eigenvalue weighted by Crippen LogP contribution is 2.11. The first-order valence-electron chi connectivity index (χ1n) is 17.1. The van der Waals surface area contributed by atoms with Crippen LogP contribution in [0.5, 0.6) is 0 Å². The first-order chi connectivity index (χ1) is 18.8. The summed E-state index contributed by atoms with van der Waals surface area (Å²) >= 11 is 0. The van der Waals surface area contributed by atoms with Crippen molar-refractivity contribution < 1.29 is 0 Å². The number of nitrogens with zero attached hydrogens (tertiary/aromatic N) is 1. The number of allylic oxidation sites excluding steroid dienone is 8. The van der Waals surface area contributed by atoms with Gasteiger partial charge in [-0.25, -0.2) is 0 Å². The lowest BCUT2D eigenvalue weighted by atomic mass is 10.1. The van der Waals surface area contributed by atoms with E-state index in [1.54, 1.807) is 0 Å². The lowest BCUT2D eigenvalue weighted by Gasteiger charge is -2.16. The Labute approximate surface area is 241 Å². The summed E-state index contributed by atoms with van der Waals surface area (Å²) in [6.45, 7) is 7.11. The molecule has 0 spiro atoms. The number of unbranched alkanes of at least 4 members (excludes halogenated alkanes) is 18. The summed E-state index contributed by atoms with van der Waals surface area (Å²) in [6, 6.07) is 0. The van der Waals surface area contributed by atoms with E-state index in [2.05, 4.69) is 74.4 Å². The highest BCUT2D eigenvalue weighted by Gasteiger charge is 1.99. The third kappa shape index (κ3) is 32.9. The SMILES string of the molecule is CCCCC/C=C\C/C=C\CCCCCCCCN(C)CCCCCCCC/C=C\C/C=C\CCCCC. The van der Waals surface area contributed by atoms with E-state index in [1.807, 2.05) is 0 Å². The zero-order valence-electron chi connectivity index (χ0n) is 26.5. The first kappa shape index (κ1) is 36.9. The van der Waals surface area contributed by atoms with Crippen molar-refractivity contribution in [2.45, 2.75) is 168 Å². The molecule has 1 heteroatoms. The minimum atomic E-state index is 1.12. The van der Waals surface area contributed by atoms with Crippen LogP contribution in [-0.4, -0.2) is 25.0 Å². The monoisotopic (exact) mass is 528 g/mol. The predicted molar refractivity (Wildman–Crippen MR) is 176 cm³/mol. The molecular formula is C37H69N. The summed E-state index contributed by atoms with van der Waals surface area (Å²) < 4.78 is 0. The smallest absolute Gasteiger partial charge is 0.00218 e. The molecule has 0 aromatic carbocycles. The maximum absolute atomic E-state index is 2.56. The zero-order chi connectivity index (χ0) is 27.6. The Bertz CT molecular complexity index is 493. The van der Waals surface area contributed by atoms with Crippen molar-refractivity contribution in [1.82, 2.24) is 4.90 Å². The fourth-order valence-electron chi connectivity index (χ4n) is 4.85. The average Bonchev–Trinajstić information content (AvgIpc) is 2.92. The normalized spacial score (nSPS) is 12.5. The molecule has 0 heterocycles. The topological polar surface area (TPSA) is 3.24 Å². The average molecular weight is 528 g/mol. The summed E-state index contributed by atoms with van der Waals surface area (Å²) in [5, 5.41) is 0. The van der Waals surface area contributed by atoms with Gasteiger partial charge in [-0.2, -0.15) is 0 Å². The lowest BCUT2D eigenvalue weighted by molar-refractivity contribution is 0.314. The Morgan fingerprint density at radius 1 is 0.342 bits per heavy atom. The van der Waals surface area contributed by atoms with Gasteiger partial charge >= 0.3 is 0 Å². The van der Waals surface area contributed by atoms with Crippen LogP contribution in [0.2, 0.25) is 0 Å². The summed E-state index contributed by atoms with van der Waals surface area (Å²) in [5.41, 5.74) is 0. The van der Waals surface area contributed by atoms with E-state index in [9.17, 15) is 0 Å². The van der Waals surface area contributed by atoms with Gasteiger partial charge in [0.2, 0.25) is 0 Å². The molecule has 0 saturated heterocycles. The van der Waals surface area contributed by atoms with Crippen LogP contribution < -0.4 is 0 Å². The molecule has 0 saturated carbocycles. The van der Waals surface area contributed by atoms with Crippen molar-refractivity contribution >= 4 is 0 Å². The van der Waals surface area contributed by atoms with Gasteiger partial charge in [-0.15, -0.1) is 0 Å². The quantitative estimate of drug-likeness (QED) is 0.0663. The molecule has 0 bridgehead atoms. The van der Waals surface area contributed by atoms with Crippen LogP contribution in [0.15, 0.2) is 48.6 Å². The highest BCUT2D eigenvalue weighted by molar-refractivity contribution is 4.93. The Kier molecular flexibility index (Phi) is 33.0. The van der Waals surface area contributed by atoms with Gasteiger partial charge in [0.25, 0.3) is 0 Å². The molecule has 1 nitrogen and oxygen atoms in total. The molecule has 222 valence electrons. The van der Waals surface area contributed by atoms with Crippen LogP contribution in [-0.2, 0) is 0 Å². The Hall–Kier alpha value is -1.08. The Balaban J connectivity index is 3.29. The molecule has 0 aromatic rings. The molecule has 0 radical (unpaired) electrons. The molecule has 0 amide bonds. The summed E-state index contributed by atoms with van der Waals surface area (Å²) in [5.74, 6) is 0. The van der Waals surface area contributed by atoms with Gasteiger partial charge in [0.15, 0.2) is 0 Å². The van der Waals surface area contributed by atoms with E-state index in [1.165, 1.54) is 154 Å². The summed E-state index contributed by atoms with van der Waals surface area (Å²) in [7, 11) is 2.32. The molecule has 0 atom stereocenters. The minimum absolute atomic E-state index is 1.12. The molecule has 0 rings (SSSR count). The van der Waals surface area contributed by atoms with Crippen molar-refractivity contribution in [3.05, 3.63) is 48.6 Å². The van der Waals surface area contributed by atoms with Crippen LogP contribution in [0, 0.1) is 0 Å². The third-order valence-electron chi connectivity index (χ3n) is 7.48. The van der Waals surface area contributed by atoms with Crippen molar-refractivity contribution in [2.24, 2.45) is 0 Å². The van der Waals surface area contributed by atoms with Gasteiger partial charge < -0.3 is 4.90 Å². The van der Waals surface area contributed by atoms with Crippen molar-refractivity contribution in [2.75, 3.05) is 20.1 Å². The van der Waals surface area contributed by atoms with E-state index in [0.717, 1.165) is 12.8 Å². The fourth-order valence-corrected chi connectivity index (χ4v) is 4.85. The molecule has 0 N–H and O–H groups in total. The largest absolute Gasteiger partial charge is 0.306 e. The van der Waals surface area contributed by atoms with Crippen LogP contribution in [0.3, 0.4) is 0 Å². The van der Waals surface area contributed by atoms with E-state index in [-0.39, 0.29) is 0 Å². The van der Waals surface area contributed by atoms with Gasteiger partial charge in [0, 0.05) is 0 Å². The van der Waals surface area contributed by atoms with Gasteiger partial charge in [0.05, 0.1) is 0 Å². The predicted octanol–water partition coefficient (Wildman–Crippen LogP) is 12.5. The highest BCUT2D eigenvalue weighted by atomic mass is 15.1. The van der Waals surface area contributed by atoms with Gasteiger partial charge in [-0.05, 0) is 97.2 Å². The fraction of sp³-hybridized carbons (Fsp3) is 0.784. The lowest BCUT2D eigenvalue weighted by Crippen LogP contribution is -2.20. The van der Waals surface area contributed by atoms with Crippen LogP contribution in [0.25, 0.3) is 0 Å². The maximum atomic E-state index is 2.56. The summed E-state index contributed by atoms with van der Waals surface area (Å²) in [6.07, 6.45) is 51.0. The second kappa shape index (κ2) is 33.9. The van der Waals surface area contributed by atoms with Crippen LogP contribution in [0.1, 0.15) is 168 Å². The third-order valence-corrected chi connectivity index (χ3v) is 7.48. The van der Waals surface area contributed by atoms with E-state index in [4.69, 9.17) is 0 Å². The van der Waals surface area contributed by atoms with Gasteiger partial charge in [-0.1, -0.05) is 140 Å². The number of hydrogen-bond donors (Lipinski definition) is 0. The first-order valence-corrected chi connectivity index (χ1v) is 17.1. The molecule has 0 fully saturated rings. The number of hydrogen-bond acceptors (Lipinski definition) is 1. The molecule has 0 aliphatic carbocycles. The standard InChI is InChI=1S/C37H69N/c1-4-6-8-10-12-14-16-18-20-22-24-26-28-30-32-34-36-38(3)37-35-33-31-29-27-25-23-21-19-17-15-13-11-9-7-5-2/h12-15,18-21H,4-11,16-17,22-37H2,1-3H3/b14-12-,15-13-,20-18-,21-19-. The second-order valence-electron chi connectivity index (χ2n) is 11.5. The molecule has 0 aromatic heterocycles. The van der Waals surface area contributed by atoms with Crippen LogP contribution >= 0.6 is 0 Å². The van der Waals surface area contributed by atoms with E-state index < -0.39 is 0 Å². The Morgan fingerprint density at radius 3 is 0.974 bits per heavy atom. The van der Waals surface area contributed by atoms with E-state index in [0.29, 0.717) is 0 Å². The van der Waals surface area contributed by atoms with Crippen molar-refractivity contribution in [3.63, 3.8) is 0 Å². The van der Waals surface area contributed by atoms with Crippen molar-refractivity contribution in [3.8, 4) is 0 Å². The number of rotatable bonds is 30. The Morgan fingerprint density at radius 2 is 0.632 bits per heavy atom. The van der Waals surface area contributed by atoms with Crippen LogP contribution in [0.4, 0.5) is 0 Å². The molecule has 0 aliphatic rings. The molecular weight excluding hydrogens is 458 g/mol. The molecule has 0 aliphatic heterocycles. The molecule has 38 heavy (non-hydrogen) atoms. The van der Waals surface area contributed by atoms with Crippen molar-refractivity contribution in [1.29, 1.82) is 0 Å². The maximum Gasteiger partial charge on any atom is -0.00218 e. The van der Waals surface area contributed by atoms with Gasteiger partial charge in [-0.3, -0.25) is 0 Å².